The fourth-order valence-electron chi connectivity index (χ4n) is 8.64. The van der Waals surface area contributed by atoms with E-state index in [0.717, 1.165) is 0 Å². The van der Waals surface area contributed by atoms with Crippen LogP contribution in [0.3, 0.4) is 0 Å². The van der Waals surface area contributed by atoms with Crippen LogP contribution >= 0.6 is 0 Å². The fourth-order valence-corrected chi connectivity index (χ4v) is 8.64. The molecule has 2 rings (SSSR count). The van der Waals surface area contributed by atoms with Gasteiger partial charge in [0.25, 0.3) is 0 Å². The molecule has 0 aromatic heterocycles. The van der Waals surface area contributed by atoms with E-state index in [1.165, 1.54) is 11.8 Å². The summed E-state index contributed by atoms with van der Waals surface area (Å²) >= 11 is 0. The average molecular weight is 948 g/mol. The lowest BCUT2D eigenvalue weighted by atomic mass is 9.88. The summed E-state index contributed by atoms with van der Waals surface area (Å²) in [5.74, 6) is -8.76. The Labute approximate surface area is 394 Å². The minimum Gasteiger partial charge on any atom is -0.481 e. The largest absolute Gasteiger partial charge is 0.481 e. The topological polar surface area (TPSA) is 332 Å². The number of hydrogen-bond acceptors (Lipinski definition) is 14. The number of nitrogens with one attached hydrogen (secondary N) is 4. The highest BCUT2D eigenvalue weighted by Crippen LogP contribution is 2.25. The Kier molecular flexibility index (Phi) is 25.8. The van der Waals surface area contributed by atoms with E-state index in [1.54, 1.807) is 0 Å². The molecule has 20 heteroatoms. The summed E-state index contributed by atoms with van der Waals surface area (Å²) in [6.45, 7) is 9.42. The van der Waals surface area contributed by atoms with E-state index in [-0.39, 0.29) is 107 Å². The molecule has 2 aliphatic heterocycles. The number of aliphatic hydroxyl groups excluding tert-OH is 1. The van der Waals surface area contributed by atoms with Crippen molar-refractivity contribution in [2.75, 3.05) is 26.2 Å². The number of carbonyl (C=O) groups excluding carboxylic acids is 10. The fraction of sp³-hybridized carbons (Fsp3) is 0.766. The van der Waals surface area contributed by atoms with E-state index in [1.807, 2.05) is 27.7 Å². The van der Waals surface area contributed by atoms with Crippen molar-refractivity contribution in [3.8, 4) is 0 Å². The molecule has 5 amide bonds. The van der Waals surface area contributed by atoms with Crippen LogP contribution in [-0.4, -0.2) is 136 Å². The van der Waals surface area contributed by atoms with E-state index in [9.17, 15) is 63.0 Å². The Morgan fingerprint density at radius 2 is 1.39 bits per heavy atom. The minimum absolute atomic E-state index is 0.0298. The second kappa shape index (κ2) is 29.7. The molecule has 10 N–H and O–H groups in total. The molecule has 20 nitrogen and oxygen atoms in total. The molecule has 8 atom stereocenters. The lowest BCUT2D eigenvalue weighted by Crippen LogP contribution is -2.45. The van der Waals surface area contributed by atoms with Crippen LogP contribution in [0.5, 0.6) is 0 Å². The SMILES string of the molecule is CC(C)C[C@@H](CC(=O)[C@@H](CCC(N)=O)NC(=O)CCC(=O)[C@H]1C[C@H](O)CN1)C(=O)NCC(=O)C[C@H](CC(C)C)C(=O)N[C@H](C)C(=O)CCC(=O)N1CCC[C@@H]1C(=O)C[C@H](CCCCN)C(=O)O. The Morgan fingerprint density at radius 1 is 0.731 bits per heavy atom. The minimum atomic E-state index is -1.18. The zero-order valence-electron chi connectivity index (χ0n) is 40.1. The second-order valence-corrected chi connectivity index (χ2v) is 19.2. The van der Waals surface area contributed by atoms with Gasteiger partial charge in [-0.3, -0.25) is 52.7 Å². The van der Waals surface area contributed by atoms with E-state index < -0.39 is 107 Å². The molecule has 2 fully saturated rings. The predicted octanol–water partition coefficient (Wildman–Crippen LogP) is 0.802. The third-order valence-electron chi connectivity index (χ3n) is 12.3. The number of Topliss-reactive ketones (excluding diaryl/α,β-unsaturated/α-hetero) is 5. The van der Waals surface area contributed by atoms with Crippen LogP contribution in [0.1, 0.15) is 144 Å². The Hall–Kier alpha value is -4.95. The van der Waals surface area contributed by atoms with Gasteiger partial charge in [-0.05, 0) is 76.7 Å². The monoisotopic (exact) mass is 948 g/mol. The van der Waals surface area contributed by atoms with Gasteiger partial charge in [-0.15, -0.1) is 0 Å². The van der Waals surface area contributed by atoms with Crippen LogP contribution in [0, 0.1) is 29.6 Å². The average Bonchev–Trinajstić information content (AvgIpc) is 3.93. The highest BCUT2D eigenvalue weighted by atomic mass is 16.4. The van der Waals surface area contributed by atoms with Crippen molar-refractivity contribution in [3.05, 3.63) is 0 Å². The van der Waals surface area contributed by atoms with Crippen molar-refractivity contribution in [1.82, 2.24) is 26.2 Å². The number of rotatable bonds is 34. The second-order valence-electron chi connectivity index (χ2n) is 19.2. The summed E-state index contributed by atoms with van der Waals surface area (Å²) in [5.41, 5.74) is 10.8. The molecule has 2 saturated heterocycles. The summed E-state index contributed by atoms with van der Waals surface area (Å²) in [5, 5.41) is 30.0. The number of carboxylic acids is 1. The number of carboxylic acid groups (broad SMARTS) is 1. The number of amides is 5. The highest BCUT2D eigenvalue weighted by molar-refractivity contribution is 5.97. The third-order valence-corrected chi connectivity index (χ3v) is 12.3. The van der Waals surface area contributed by atoms with Crippen LogP contribution in [0.4, 0.5) is 0 Å². The molecule has 2 heterocycles. The van der Waals surface area contributed by atoms with Gasteiger partial charge in [0.05, 0.1) is 42.7 Å². The molecule has 0 aromatic carbocycles. The Bertz CT molecular complexity index is 1750. The summed E-state index contributed by atoms with van der Waals surface area (Å²) in [4.78, 5) is 144. The van der Waals surface area contributed by atoms with E-state index in [4.69, 9.17) is 11.5 Å². The third kappa shape index (κ3) is 21.7. The maximum absolute atomic E-state index is 13.6. The molecule has 0 radical (unpaired) electrons. The van der Waals surface area contributed by atoms with Gasteiger partial charge in [0.2, 0.25) is 29.5 Å². The van der Waals surface area contributed by atoms with Crippen LogP contribution in [-0.2, 0) is 52.7 Å². The highest BCUT2D eigenvalue weighted by Gasteiger charge is 2.37. The van der Waals surface area contributed by atoms with Gasteiger partial charge in [0.15, 0.2) is 23.1 Å². The van der Waals surface area contributed by atoms with Crippen LogP contribution in [0.2, 0.25) is 0 Å². The molecule has 0 saturated carbocycles. The molecular formula is C47H77N7O13. The summed E-state index contributed by atoms with van der Waals surface area (Å²) < 4.78 is 0. The number of aliphatic carboxylic acids is 1. The first-order valence-electron chi connectivity index (χ1n) is 23.9. The number of hydrogen-bond donors (Lipinski definition) is 8. The quantitative estimate of drug-likeness (QED) is 0.0414. The predicted molar refractivity (Wildman–Crippen MR) is 245 cm³/mol. The smallest absolute Gasteiger partial charge is 0.306 e. The van der Waals surface area contributed by atoms with Gasteiger partial charge in [0, 0.05) is 76.3 Å². The number of likely N-dealkylation sites (tertiary alicyclic amines) is 1. The maximum atomic E-state index is 13.6. The number of primary amides is 1. The number of β-amino-alcohol motifs (C(OH)–C–C–N with tert-alkyl or cyclic N) is 1. The first-order chi connectivity index (χ1) is 31.5. The number of aliphatic hydroxyl groups is 1. The van der Waals surface area contributed by atoms with Gasteiger partial charge in [0.1, 0.15) is 5.78 Å². The molecule has 0 unspecified atom stereocenters. The lowest BCUT2D eigenvalue weighted by molar-refractivity contribution is -0.145. The molecule has 0 spiro atoms. The first-order valence-corrected chi connectivity index (χ1v) is 23.9. The van der Waals surface area contributed by atoms with Crippen molar-refractivity contribution in [1.29, 1.82) is 0 Å². The van der Waals surface area contributed by atoms with Gasteiger partial charge >= 0.3 is 5.97 Å². The van der Waals surface area contributed by atoms with Gasteiger partial charge in [-0.25, -0.2) is 0 Å². The zero-order valence-corrected chi connectivity index (χ0v) is 40.1. The molecule has 67 heavy (non-hydrogen) atoms. The Morgan fingerprint density at radius 3 is 1.97 bits per heavy atom. The maximum Gasteiger partial charge on any atom is 0.306 e. The lowest BCUT2D eigenvalue weighted by Gasteiger charge is -2.25. The van der Waals surface area contributed by atoms with Crippen molar-refractivity contribution in [2.45, 2.75) is 174 Å². The molecule has 0 aliphatic carbocycles. The van der Waals surface area contributed by atoms with Crippen molar-refractivity contribution < 1.29 is 63.0 Å². The number of ketones is 5. The van der Waals surface area contributed by atoms with E-state index in [0.29, 0.717) is 45.2 Å². The number of carbonyl (C=O) groups is 11. The van der Waals surface area contributed by atoms with Crippen molar-refractivity contribution in [3.63, 3.8) is 0 Å². The van der Waals surface area contributed by atoms with Gasteiger partial charge in [-0.2, -0.15) is 0 Å². The molecule has 2 aliphatic rings. The Balaban J connectivity index is 1.98. The van der Waals surface area contributed by atoms with E-state index >= 15 is 0 Å². The standard InChI is InChI=1S/C47H77N7O13/c1-27(2)19-31(46(65)52-29(5)38(57)13-16-44(63)54-18-8-10-37(54)41(60)22-30(47(66)67)9-6-7-17-48)21-33(55)26-51-45(64)32(20-28(3)4)23-40(59)35(11-14-42(49)61)53-43(62)15-12-39(58)36-24-34(56)25-50-36/h27-32,34-37,50,56H,6-26,48H2,1-5H3,(H2,49,61)(H,51,64)(H,52,65)(H,53,62)(H,66,67)/t29-,30+,31+,32+,34+,35-,36-,37-/m1/s1. The van der Waals surface area contributed by atoms with Crippen LogP contribution in [0.15, 0.2) is 0 Å². The van der Waals surface area contributed by atoms with Crippen LogP contribution < -0.4 is 32.7 Å². The van der Waals surface area contributed by atoms with Gasteiger partial charge in [-0.1, -0.05) is 34.1 Å². The summed E-state index contributed by atoms with van der Waals surface area (Å²) in [6, 6.07) is -3.53. The number of nitrogens with two attached hydrogens (primary N) is 2. The molecule has 378 valence electrons. The van der Waals surface area contributed by atoms with Crippen molar-refractivity contribution >= 4 is 64.4 Å². The first kappa shape index (κ1) is 58.2. The number of nitrogens with zero attached hydrogens (tertiary/aromatic N) is 1. The number of unbranched alkanes of at least 4 members (excludes halogenated alkanes) is 1. The summed E-state index contributed by atoms with van der Waals surface area (Å²) in [7, 11) is 0. The molecular weight excluding hydrogens is 871 g/mol. The zero-order chi connectivity index (χ0) is 50.4. The normalized spacial score (nSPS) is 19.2. The van der Waals surface area contributed by atoms with Crippen LogP contribution in [0.25, 0.3) is 0 Å². The van der Waals surface area contributed by atoms with Gasteiger partial charge < -0.3 is 47.8 Å². The van der Waals surface area contributed by atoms with E-state index in [2.05, 4.69) is 21.3 Å². The molecule has 0 aromatic rings. The molecule has 0 bridgehead atoms. The summed E-state index contributed by atoms with van der Waals surface area (Å²) in [6.07, 6.45) is 0.597. The van der Waals surface area contributed by atoms with Crippen molar-refractivity contribution in [2.24, 2.45) is 41.1 Å².